The quantitative estimate of drug-likeness (QED) is 0.797. The number of carbonyl (C=O) groups is 1. The number of hydrogen-bond donors (Lipinski definition) is 1. The molecule has 0 spiro atoms. The van der Waals surface area contributed by atoms with Gasteiger partial charge in [-0.15, -0.1) is 5.10 Å². The predicted molar refractivity (Wildman–Crippen MR) is 101 cm³/mol. The van der Waals surface area contributed by atoms with E-state index < -0.39 is 0 Å². The lowest BCUT2D eigenvalue weighted by Crippen LogP contribution is -2.33. The minimum Gasteiger partial charge on any atom is -0.486 e. The van der Waals surface area contributed by atoms with E-state index in [4.69, 9.17) is 9.47 Å². The molecule has 140 valence electrons. The van der Waals surface area contributed by atoms with E-state index in [0.29, 0.717) is 42.4 Å². The van der Waals surface area contributed by atoms with Crippen LogP contribution in [0.25, 0.3) is 0 Å². The van der Waals surface area contributed by atoms with Gasteiger partial charge in [-0.1, -0.05) is 24.8 Å². The number of hydrogen-bond acceptors (Lipinski definition) is 7. The van der Waals surface area contributed by atoms with Crippen LogP contribution in [-0.2, 0) is 4.79 Å². The van der Waals surface area contributed by atoms with Gasteiger partial charge in [0.25, 0.3) is 0 Å². The summed E-state index contributed by atoms with van der Waals surface area (Å²) in [5, 5.41) is 8.67. The number of fused-ring (bicyclic) bond motifs is 2. The van der Waals surface area contributed by atoms with Crippen molar-refractivity contribution in [2.24, 2.45) is 5.92 Å². The highest BCUT2D eigenvalue weighted by atomic mass is 32.2. The maximum Gasteiger partial charge on any atom is 0.227 e. The van der Waals surface area contributed by atoms with Gasteiger partial charge in [-0.2, -0.15) is 4.98 Å². The molecule has 8 heteroatoms. The Labute approximate surface area is 161 Å². The molecule has 2 aliphatic heterocycles. The minimum atomic E-state index is -0.305. The molecule has 0 fully saturated rings. The number of nitrogens with zero attached hydrogens (tertiary/aromatic N) is 3. The lowest BCUT2D eigenvalue weighted by atomic mass is 9.81. The summed E-state index contributed by atoms with van der Waals surface area (Å²) in [5.41, 5.74) is 2.70. The zero-order valence-corrected chi connectivity index (χ0v) is 16.0. The van der Waals surface area contributed by atoms with Crippen LogP contribution in [0.4, 0.5) is 5.95 Å². The summed E-state index contributed by atoms with van der Waals surface area (Å²) in [6.07, 6.45) is 3.34. The molecular weight excluding hydrogens is 364 g/mol. The molecule has 0 amide bonds. The standard InChI is InChI=1S/C19H20N4O3S/c1-10-7-12-16(13(24)8-10)17(23-18(20-12)21-19(22-23)27-2)11-3-4-14-15(9-11)26-6-5-25-14/h3-4,9-10,17H,5-8H2,1-2H3,(H,20,21,22). The van der Waals surface area contributed by atoms with E-state index in [2.05, 4.69) is 22.3 Å². The van der Waals surface area contributed by atoms with Crippen LogP contribution < -0.4 is 14.8 Å². The molecule has 5 rings (SSSR count). The maximum atomic E-state index is 13.0. The van der Waals surface area contributed by atoms with Crippen molar-refractivity contribution >= 4 is 23.5 Å². The van der Waals surface area contributed by atoms with Crippen LogP contribution in [0.15, 0.2) is 34.6 Å². The van der Waals surface area contributed by atoms with Crippen LogP contribution in [-0.4, -0.2) is 40.0 Å². The van der Waals surface area contributed by atoms with Gasteiger partial charge < -0.3 is 14.8 Å². The van der Waals surface area contributed by atoms with E-state index in [1.54, 1.807) is 0 Å². The van der Waals surface area contributed by atoms with Crippen LogP contribution in [0, 0.1) is 5.92 Å². The van der Waals surface area contributed by atoms with Gasteiger partial charge in [0, 0.05) is 17.7 Å². The molecular formula is C19H20N4O3S. The molecule has 1 aromatic carbocycles. The number of rotatable bonds is 2. The van der Waals surface area contributed by atoms with E-state index in [1.165, 1.54) is 11.8 Å². The summed E-state index contributed by atoms with van der Waals surface area (Å²) in [6, 6.07) is 5.56. The number of allylic oxidation sites excluding steroid dienone is 2. The monoisotopic (exact) mass is 384 g/mol. The fraction of sp³-hybridized carbons (Fsp3) is 0.421. The summed E-state index contributed by atoms with van der Waals surface area (Å²) in [4.78, 5) is 17.6. The van der Waals surface area contributed by atoms with Gasteiger partial charge in [-0.3, -0.25) is 4.79 Å². The predicted octanol–water partition coefficient (Wildman–Crippen LogP) is 3.04. The second-order valence-electron chi connectivity index (χ2n) is 7.13. The van der Waals surface area contributed by atoms with E-state index >= 15 is 0 Å². The Hall–Kier alpha value is -2.48. The third-order valence-corrected chi connectivity index (χ3v) is 5.71. The largest absolute Gasteiger partial charge is 0.486 e. The average Bonchev–Trinajstić information content (AvgIpc) is 3.08. The fourth-order valence-corrected chi connectivity index (χ4v) is 4.36. The number of ether oxygens (including phenoxy) is 2. The summed E-state index contributed by atoms with van der Waals surface area (Å²) in [6.45, 7) is 3.18. The van der Waals surface area contributed by atoms with Gasteiger partial charge in [-0.05, 0) is 36.3 Å². The third-order valence-electron chi connectivity index (χ3n) is 5.17. The maximum absolute atomic E-state index is 13.0. The van der Waals surface area contributed by atoms with E-state index in [1.807, 2.05) is 29.1 Å². The van der Waals surface area contributed by atoms with Crippen LogP contribution in [0.2, 0.25) is 0 Å². The van der Waals surface area contributed by atoms with Crippen molar-refractivity contribution in [1.82, 2.24) is 14.8 Å². The number of Topliss-reactive ketones (excluding diaryl/α,β-unsaturated/α-hetero) is 1. The molecule has 0 saturated carbocycles. The fourth-order valence-electron chi connectivity index (χ4n) is 4.01. The molecule has 7 nitrogen and oxygen atoms in total. The molecule has 0 bridgehead atoms. The molecule has 0 saturated heterocycles. The number of nitrogens with one attached hydrogen (secondary N) is 1. The van der Waals surface area contributed by atoms with Gasteiger partial charge in [0.05, 0.1) is 0 Å². The van der Waals surface area contributed by atoms with Crippen molar-refractivity contribution in [1.29, 1.82) is 0 Å². The Morgan fingerprint density at radius 3 is 2.85 bits per heavy atom. The van der Waals surface area contributed by atoms with Crippen molar-refractivity contribution in [3.63, 3.8) is 0 Å². The van der Waals surface area contributed by atoms with Gasteiger partial charge in [0.1, 0.15) is 19.3 Å². The van der Waals surface area contributed by atoms with Crippen LogP contribution >= 0.6 is 11.8 Å². The first-order chi connectivity index (χ1) is 13.1. The average molecular weight is 384 g/mol. The first kappa shape index (κ1) is 16.7. The molecule has 3 aliphatic rings. The molecule has 3 heterocycles. The Morgan fingerprint density at radius 2 is 2.04 bits per heavy atom. The van der Waals surface area contributed by atoms with Crippen molar-refractivity contribution < 1.29 is 14.3 Å². The van der Waals surface area contributed by atoms with E-state index in [9.17, 15) is 4.79 Å². The Kier molecular flexibility index (Phi) is 3.89. The van der Waals surface area contributed by atoms with Crippen LogP contribution in [0.5, 0.6) is 11.5 Å². The third kappa shape index (κ3) is 2.70. The van der Waals surface area contributed by atoms with E-state index in [0.717, 1.165) is 29.0 Å². The minimum absolute atomic E-state index is 0.169. The van der Waals surface area contributed by atoms with Gasteiger partial charge in [0.2, 0.25) is 11.1 Å². The molecule has 2 aromatic rings. The smallest absolute Gasteiger partial charge is 0.227 e. The highest BCUT2D eigenvalue weighted by molar-refractivity contribution is 7.98. The first-order valence-corrected chi connectivity index (χ1v) is 10.3. The van der Waals surface area contributed by atoms with Crippen molar-refractivity contribution in [3.05, 3.63) is 35.0 Å². The number of aromatic nitrogens is 3. The van der Waals surface area contributed by atoms with Crippen LogP contribution in [0.3, 0.4) is 0 Å². The molecule has 2 unspecified atom stereocenters. The number of thioether (sulfide) groups is 1. The van der Waals surface area contributed by atoms with Crippen molar-refractivity contribution in [2.45, 2.75) is 31.0 Å². The van der Waals surface area contributed by atoms with E-state index in [-0.39, 0.29) is 11.8 Å². The summed E-state index contributed by atoms with van der Waals surface area (Å²) in [5.74, 6) is 2.62. The second-order valence-corrected chi connectivity index (χ2v) is 7.90. The zero-order chi connectivity index (χ0) is 18.5. The molecule has 1 aliphatic carbocycles. The second kappa shape index (κ2) is 6.30. The number of anilines is 1. The zero-order valence-electron chi connectivity index (χ0n) is 15.2. The van der Waals surface area contributed by atoms with Crippen LogP contribution in [0.1, 0.15) is 31.4 Å². The Morgan fingerprint density at radius 1 is 1.22 bits per heavy atom. The lowest BCUT2D eigenvalue weighted by molar-refractivity contribution is -0.117. The molecule has 1 N–H and O–H groups in total. The summed E-state index contributed by atoms with van der Waals surface area (Å²) < 4.78 is 13.2. The molecule has 2 atom stereocenters. The summed E-state index contributed by atoms with van der Waals surface area (Å²) in [7, 11) is 0. The van der Waals surface area contributed by atoms with Gasteiger partial charge >= 0.3 is 0 Å². The van der Waals surface area contributed by atoms with Crippen molar-refractivity contribution in [3.8, 4) is 11.5 Å². The normalized spacial score (nSPS) is 23.6. The molecule has 27 heavy (non-hydrogen) atoms. The Balaban J connectivity index is 1.67. The lowest BCUT2D eigenvalue weighted by Gasteiger charge is -2.34. The molecule has 1 aromatic heterocycles. The highest BCUT2D eigenvalue weighted by Crippen LogP contribution is 2.43. The van der Waals surface area contributed by atoms with Gasteiger partial charge in [-0.25, -0.2) is 4.68 Å². The highest BCUT2D eigenvalue weighted by Gasteiger charge is 2.38. The van der Waals surface area contributed by atoms with Crippen molar-refractivity contribution in [2.75, 3.05) is 24.8 Å². The number of carbonyl (C=O) groups excluding carboxylic acids is 1. The Bertz CT molecular complexity index is 968. The van der Waals surface area contributed by atoms with Gasteiger partial charge in [0.15, 0.2) is 17.3 Å². The summed E-state index contributed by atoms with van der Waals surface area (Å²) >= 11 is 1.49. The SMILES string of the molecule is CSc1nc2n(n1)C(c1ccc3c(c1)OCCO3)C1=C(CC(C)CC1=O)N2. The first-order valence-electron chi connectivity index (χ1n) is 9.07. The topological polar surface area (TPSA) is 78.3 Å². The number of ketones is 1. The number of benzene rings is 1. The molecule has 0 radical (unpaired) electrons.